The molecule has 2 unspecified atom stereocenters. The van der Waals surface area contributed by atoms with Crippen LogP contribution in [-0.2, 0) is 24.1 Å². The number of aryl methyl sites for hydroxylation is 2. The van der Waals surface area contributed by atoms with Gasteiger partial charge in [-0.05, 0) is 63.1 Å². The van der Waals surface area contributed by atoms with Crippen LogP contribution in [0.1, 0.15) is 54.1 Å². The van der Waals surface area contributed by atoms with Crippen LogP contribution in [0.25, 0.3) is 21.1 Å². The third-order valence-corrected chi connectivity index (χ3v) is 9.03. The molecule has 3 aromatic heterocycles. The lowest BCUT2D eigenvalue weighted by Crippen LogP contribution is -2.29. The molecule has 1 saturated heterocycles. The van der Waals surface area contributed by atoms with Gasteiger partial charge in [0.25, 0.3) is 11.1 Å². The Balaban J connectivity index is 1.43. The third kappa shape index (κ3) is 3.89. The molecule has 176 valence electrons. The van der Waals surface area contributed by atoms with Crippen LogP contribution < -0.4 is 11.1 Å². The number of H-pyrrole nitrogens is 1. The monoisotopic (exact) mass is 494 g/mol. The maximum atomic E-state index is 13.8. The van der Waals surface area contributed by atoms with Crippen molar-refractivity contribution in [2.24, 2.45) is 0 Å². The van der Waals surface area contributed by atoms with Crippen molar-refractivity contribution in [1.29, 1.82) is 0 Å². The zero-order valence-electron chi connectivity index (χ0n) is 19.0. The van der Waals surface area contributed by atoms with Gasteiger partial charge in [0.05, 0.1) is 34.2 Å². The first-order valence-electron chi connectivity index (χ1n) is 11.9. The molecule has 1 aliphatic carbocycles. The molecule has 4 aromatic rings. The molecule has 1 fully saturated rings. The number of para-hydroxylation sites is 1. The SMILES string of the molecule is CC(Sc1nc2sc3c(c2c(=O)n1CC1CCCO1)CCCC3)c1nc2ccccc2c(=O)[nH]1. The largest absolute Gasteiger partial charge is 0.376 e. The molecule has 1 N–H and O–H groups in total. The standard InChI is InChI=1S/C25H26N4O3S2/c1-14(21-26-18-10-4-2-8-16(18)22(30)27-21)33-25-28-23-20(17-9-3-5-11-19(17)34-23)24(31)29(25)13-15-7-6-12-32-15/h2,4,8,10,14-15H,3,5-7,9,11-13H2,1H3,(H,26,27,30). The Kier molecular flexibility index (Phi) is 5.79. The number of aromatic nitrogens is 4. The Labute approximate surface area is 204 Å². The van der Waals surface area contributed by atoms with E-state index in [2.05, 4.69) is 9.97 Å². The van der Waals surface area contributed by atoms with Crippen LogP contribution in [0.15, 0.2) is 39.0 Å². The minimum absolute atomic E-state index is 0.0275. The Morgan fingerprint density at radius 1 is 1.21 bits per heavy atom. The summed E-state index contributed by atoms with van der Waals surface area (Å²) >= 11 is 3.13. The molecule has 4 heterocycles. The summed E-state index contributed by atoms with van der Waals surface area (Å²) in [5.74, 6) is 0.581. The van der Waals surface area contributed by atoms with Crippen molar-refractivity contribution in [3.8, 4) is 0 Å². The first-order valence-corrected chi connectivity index (χ1v) is 13.6. The molecule has 0 radical (unpaired) electrons. The van der Waals surface area contributed by atoms with Crippen molar-refractivity contribution in [3.05, 3.63) is 61.2 Å². The van der Waals surface area contributed by atoms with Crippen LogP contribution >= 0.6 is 23.1 Å². The maximum Gasteiger partial charge on any atom is 0.263 e. The molecule has 0 bridgehead atoms. The Hall–Kier alpha value is -2.49. The fourth-order valence-corrected chi connectivity index (χ4v) is 7.25. The van der Waals surface area contributed by atoms with Gasteiger partial charge >= 0.3 is 0 Å². The zero-order chi connectivity index (χ0) is 23.2. The van der Waals surface area contributed by atoms with E-state index in [1.165, 1.54) is 28.6 Å². The average molecular weight is 495 g/mol. The van der Waals surface area contributed by atoms with Gasteiger partial charge in [0.15, 0.2) is 5.16 Å². The average Bonchev–Trinajstić information content (AvgIpc) is 3.49. The number of rotatable bonds is 5. The molecule has 2 atom stereocenters. The molecule has 0 saturated carbocycles. The lowest BCUT2D eigenvalue weighted by molar-refractivity contribution is 0.0937. The van der Waals surface area contributed by atoms with E-state index in [9.17, 15) is 9.59 Å². The van der Waals surface area contributed by atoms with Gasteiger partial charge in [-0.15, -0.1) is 11.3 Å². The van der Waals surface area contributed by atoms with E-state index in [1.54, 1.807) is 22.0 Å². The lowest BCUT2D eigenvalue weighted by Gasteiger charge is -2.18. The number of thiophene rings is 1. The summed E-state index contributed by atoms with van der Waals surface area (Å²) < 4.78 is 7.68. The van der Waals surface area contributed by atoms with Crippen LogP contribution in [0.5, 0.6) is 0 Å². The summed E-state index contributed by atoms with van der Waals surface area (Å²) in [4.78, 5) is 41.2. The van der Waals surface area contributed by atoms with E-state index >= 15 is 0 Å². The molecule has 0 spiro atoms. The van der Waals surface area contributed by atoms with Crippen LogP contribution in [0.3, 0.4) is 0 Å². The number of aromatic amines is 1. The number of hydrogen-bond donors (Lipinski definition) is 1. The van der Waals surface area contributed by atoms with Crippen molar-refractivity contribution in [1.82, 2.24) is 19.5 Å². The Morgan fingerprint density at radius 2 is 2.06 bits per heavy atom. The lowest BCUT2D eigenvalue weighted by atomic mass is 9.97. The third-order valence-electron chi connectivity index (χ3n) is 6.75. The highest BCUT2D eigenvalue weighted by molar-refractivity contribution is 7.99. The van der Waals surface area contributed by atoms with E-state index in [-0.39, 0.29) is 22.5 Å². The molecule has 1 aromatic carbocycles. The van der Waals surface area contributed by atoms with Crippen LogP contribution in [-0.4, -0.2) is 32.2 Å². The number of nitrogens with zero attached hydrogens (tertiary/aromatic N) is 3. The molecule has 7 nitrogen and oxygen atoms in total. The normalized spacial score (nSPS) is 19.0. The molecule has 6 rings (SSSR count). The highest BCUT2D eigenvalue weighted by Crippen LogP contribution is 2.37. The van der Waals surface area contributed by atoms with Gasteiger partial charge in [0, 0.05) is 11.5 Å². The number of fused-ring (bicyclic) bond motifs is 4. The number of nitrogens with one attached hydrogen (secondary N) is 1. The zero-order valence-corrected chi connectivity index (χ0v) is 20.6. The molecule has 0 amide bonds. The fraction of sp³-hybridized carbons (Fsp3) is 0.440. The number of thioether (sulfide) groups is 1. The second-order valence-electron chi connectivity index (χ2n) is 9.06. The summed E-state index contributed by atoms with van der Waals surface area (Å²) in [7, 11) is 0. The van der Waals surface area contributed by atoms with Crippen molar-refractivity contribution in [2.75, 3.05) is 6.61 Å². The van der Waals surface area contributed by atoms with Gasteiger partial charge < -0.3 is 9.72 Å². The first-order chi connectivity index (χ1) is 16.6. The smallest absolute Gasteiger partial charge is 0.263 e. The minimum Gasteiger partial charge on any atom is -0.376 e. The predicted octanol–water partition coefficient (Wildman–Crippen LogP) is 4.61. The van der Waals surface area contributed by atoms with Gasteiger partial charge in [-0.1, -0.05) is 23.9 Å². The number of benzene rings is 1. The van der Waals surface area contributed by atoms with Crippen molar-refractivity contribution in [2.45, 2.75) is 68.5 Å². The van der Waals surface area contributed by atoms with Crippen molar-refractivity contribution in [3.63, 3.8) is 0 Å². The van der Waals surface area contributed by atoms with E-state index < -0.39 is 0 Å². The van der Waals surface area contributed by atoms with Crippen LogP contribution in [0, 0.1) is 0 Å². The minimum atomic E-state index is -0.188. The fourth-order valence-electron chi connectivity index (χ4n) is 4.97. The van der Waals surface area contributed by atoms with E-state index in [0.717, 1.165) is 48.9 Å². The summed E-state index contributed by atoms with van der Waals surface area (Å²) in [5, 5.41) is 1.84. The topological polar surface area (TPSA) is 89.9 Å². The molecular formula is C25H26N4O3S2. The highest BCUT2D eigenvalue weighted by Gasteiger charge is 2.26. The Morgan fingerprint density at radius 3 is 2.91 bits per heavy atom. The molecule has 9 heteroatoms. The number of hydrogen-bond acceptors (Lipinski definition) is 7. The quantitative estimate of drug-likeness (QED) is 0.322. The van der Waals surface area contributed by atoms with Gasteiger partial charge in [0.1, 0.15) is 10.7 Å². The summed E-state index contributed by atoms with van der Waals surface area (Å²) in [6.07, 6.45) is 6.28. The van der Waals surface area contributed by atoms with E-state index in [1.807, 2.05) is 25.1 Å². The van der Waals surface area contributed by atoms with E-state index in [0.29, 0.717) is 28.4 Å². The molecule has 1 aliphatic heterocycles. The van der Waals surface area contributed by atoms with Crippen LogP contribution in [0.2, 0.25) is 0 Å². The summed E-state index contributed by atoms with van der Waals surface area (Å²) in [5.41, 5.74) is 1.75. The second-order valence-corrected chi connectivity index (χ2v) is 11.5. The van der Waals surface area contributed by atoms with Gasteiger partial charge in [0.2, 0.25) is 0 Å². The van der Waals surface area contributed by atoms with Crippen LogP contribution in [0.4, 0.5) is 0 Å². The first kappa shape index (κ1) is 22.0. The molecular weight excluding hydrogens is 468 g/mol. The summed E-state index contributed by atoms with van der Waals surface area (Å²) in [6.45, 7) is 3.23. The van der Waals surface area contributed by atoms with Crippen molar-refractivity contribution < 1.29 is 4.74 Å². The van der Waals surface area contributed by atoms with E-state index in [4.69, 9.17) is 9.72 Å². The van der Waals surface area contributed by atoms with Gasteiger partial charge in [-0.3, -0.25) is 14.2 Å². The molecule has 2 aliphatic rings. The summed E-state index contributed by atoms with van der Waals surface area (Å²) in [6, 6.07) is 7.33. The van der Waals surface area contributed by atoms with Gasteiger partial charge in [-0.2, -0.15) is 0 Å². The maximum absolute atomic E-state index is 13.8. The second kappa shape index (κ2) is 8.94. The van der Waals surface area contributed by atoms with Crippen molar-refractivity contribution >= 4 is 44.2 Å². The van der Waals surface area contributed by atoms with Gasteiger partial charge in [-0.25, -0.2) is 9.97 Å². The predicted molar refractivity (Wildman–Crippen MR) is 136 cm³/mol. The number of ether oxygens (including phenoxy) is 1. The highest BCUT2D eigenvalue weighted by atomic mass is 32.2. The molecule has 34 heavy (non-hydrogen) atoms. The Bertz CT molecular complexity index is 1500.